The molecule has 2 heteroatoms. The summed E-state index contributed by atoms with van der Waals surface area (Å²) in [7, 11) is 0. The topological polar surface area (TPSA) is 0 Å². The smallest absolute Gasteiger partial charge is 0.0406 e. The van der Waals surface area contributed by atoms with E-state index in [1.54, 1.807) is 0 Å². The molecular weight excluding hydrogens is 200 g/mol. The molecule has 0 aromatic heterocycles. The molecule has 0 heterocycles. The Morgan fingerprint density at radius 2 is 1.85 bits per heavy atom. The normalized spacial score (nSPS) is 10.8. The van der Waals surface area contributed by atoms with Crippen LogP contribution in [-0.2, 0) is 0 Å². The van der Waals surface area contributed by atoms with Crippen molar-refractivity contribution in [2.24, 2.45) is 5.92 Å². The molecule has 0 bridgehead atoms. The van der Waals surface area contributed by atoms with E-state index in [-0.39, 0.29) is 0 Å². The maximum Gasteiger partial charge on any atom is 0.0406 e. The molecule has 1 aromatic carbocycles. The average molecular weight is 215 g/mol. The molecule has 0 saturated carbocycles. The zero-order valence-corrected chi connectivity index (χ0v) is 9.66. The molecule has 0 aliphatic carbocycles. The minimum atomic E-state index is 0.791. The highest BCUT2D eigenvalue weighted by atomic mass is 35.5. The van der Waals surface area contributed by atoms with Crippen molar-refractivity contribution in [3.8, 4) is 0 Å². The molecular formula is C11H15ClS. The van der Waals surface area contributed by atoms with Gasteiger partial charge in [0.1, 0.15) is 0 Å². The molecule has 0 aliphatic heterocycles. The Hall–Kier alpha value is -0.140. The van der Waals surface area contributed by atoms with Crippen molar-refractivity contribution in [1.29, 1.82) is 0 Å². The molecule has 0 unspecified atom stereocenters. The van der Waals surface area contributed by atoms with Crippen LogP contribution in [0.1, 0.15) is 20.3 Å². The van der Waals surface area contributed by atoms with Crippen LogP contribution in [0, 0.1) is 5.92 Å². The summed E-state index contributed by atoms with van der Waals surface area (Å²) in [4.78, 5) is 1.31. The second-order valence-electron chi connectivity index (χ2n) is 3.48. The fourth-order valence-electron chi connectivity index (χ4n) is 0.943. The summed E-state index contributed by atoms with van der Waals surface area (Å²) in [5.74, 6) is 1.99. The molecule has 0 aliphatic rings. The van der Waals surface area contributed by atoms with E-state index in [1.807, 2.05) is 23.9 Å². The molecule has 0 spiro atoms. The zero-order valence-electron chi connectivity index (χ0n) is 8.09. The Morgan fingerprint density at radius 3 is 2.38 bits per heavy atom. The SMILES string of the molecule is CC(C)CCSc1ccc(Cl)cc1. The van der Waals surface area contributed by atoms with Crippen molar-refractivity contribution in [3.05, 3.63) is 29.3 Å². The highest BCUT2D eigenvalue weighted by molar-refractivity contribution is 7.99. The summed E-state index contributed by atoms with van der Waals surface area (Å²) < 4.78 is 0. The summed E-state index contributed by atoms with van der Waals surface area (Å²) in [6.45, 7) is 4.50. The fraction of sp³-hybridized carbons (Fsp3) is 0.455. The molecule has 0 N–H and O–H groups in total. The van der Waals surface area contributed by atoms with Gasteiger partial charge < -0.3 is 0 Å². The maximum absolute atomic E-state index is 5.79. The predicted molar refractivity (Wildman–Crippen MR) is 61.6 cm³/mol. The molecule has 0 atom stereocenters. The first-order valence-corrected chi connectivity index (χ1v) is 5.93. The van der Waals surface area contributed by atoms with Crippen molar-refractivity contribution in [2.75, 3.05) is 5.75 Å². The van der Waals surface area contributed by atoms with Crippen LogP contribution in [0.4, 0.5) is 0 Å². The number of benzene rings is 1. The molecule has 0 saturated heterocycles. The lowest BCUT2D eigenvalue weighted by Crippen LogP contribution is -1.88. The lowest BCUT2D eigenvalue weighted by molar-refractivity contribution is 0.632. The molecule has 1 rings (SSSR count). The first kappa shape index (κ1) is 10.9. The van der Waals surface area contributed by atoms with Crippen LogP contribution in [0.25, 0.3) is 0 Å². The Kier molecular flexibility index (Phi) is 4.68. The van der Waals surface area contributed by atoms with Crippen LogP contribution < -0.4 is 0 Å². The second kappa shape index (κ2) is 5.56. The predicted octanol–water partition coefficient (Wildman–Crippen LogP) is 4.48. The number of hydrogen-bond donors (Lipinski definition) is 0. The highest BCUT2D eigenvalue weighted by Gasteiger charge is 1.96. The standard InChI is InChI=1S/C11H15ClS/c1-9(2)7-8-13-11-5-3-10(12)4-6-11/h3-6,9H,7-8H2,1-2H3. The van der Waals surface area contributed by atoms with Gasteiger partial charge in [0.2, 0.25) is 0 Å². The van der Waals surface area contributed by atoms with Gasteiger partial charge in [0.25, 0.3) is 0 Å². The minimum Gasteiger partial charge on any atom is -0.126 e. The van der Waals surface area contributed by atoms with E-state index in [9.17, 15) is 0 Å². The van der Waals surface area contributed by atoms with Gasteiger partial charge in [0, 0.05) is 9.92 Å². The van der Waals surface area contributed by atoms with Crippen molar-refractivity contribution in [2.45, 2.75) is 25.2 Å². The molecule has 0 fully saturated rings. The van der Waals surface area contributed by atoms with Gasteiger partial charge in [-0.1, -0.05) is 25.4 Å². The van der Waals surface area contributed by atoms with Gasteiger partial charge in [-0.15, -0.1) is 11.8 Å². The first-order chi connectivity index (χ1) is 6.18. The van der Waals surface area contributed by atoms with Crippen LogP contribution >= 0.6 is 23.4 Å². The summed E-state index contributed by atoms with van der Waals surface area (Å²) in [6, 6.07) is 8.04. The number of hydrogen-bond acceptors (Lipinski definition) is 1. The fourth-order valence-corrected chi connectivity index (χ4v) is 2.22. The molecule has 1 aromatic rings. The Bertz CT molecular complexity index is 241. The third kappa shape index (κ3) is 4.58. The number of halogens is 1. The van der Waals surface area contributed by atoms with E-state index >= 15 is 0 Å². The van der Waals surface area contributed by atoms with Crippen LogP contribution in [0.3, 0.4) is 0 Å². The average Bonchev–Trinajstić information content (AvgIpc) is 2.08. The van der Waals surface area contributed by atoms with E-state index in [0.29, 0.717) is 0 Å². The van der Waals surface area contributed by atoms with Crippen LogP contribution in [0.15, 0.2) is 29.2 Å². The number of thioether (sulfide) groups is 1. The third-order valence-electron chi connectivity index (χ3n) is 1.78. The first-order valence-electron chi connectivity index (χ1n) is 4.57. The molecule has 0 radical (unpaired) electrons. The summed E-state index contributed by atoms with van der Waals surface area (Å²) in [5, 5.41) is 0.813. The Balaban J connectivity index is 2.33. The van der Waals surface area contributed by atoms with Gasteiger partial charge >= 0.3 is 0 Å². The minimum absolute atomic E-state index is 0.791. The quantitative estimate of drug-likeness (QED) is 0.667. The molecule has 72 valence electrons. The maximum atomic E-state index is 5.79. The van der Waals surface area contributed by atoms with E-state index < -0.39 is 0 Å². The molecule has 0 amide bonds. The Labute approximate surface area is 89.7 Å². The van der Waals surface area contributed by atoms with Crippen LogP contribution in [-0.4, -0.2) is 5.75 Å². The van der Waals surface area contributed by atoms with E-state index in [1.165, 1.54) is 17.1 Å². The highest BCUT2D eigenvalue weighted by Crippen LogP contribution is 2.21. The monoisotopic (exact) mass is 214 g/mol. The molecule has 0 nitrogen and oxygen atoms in total. The van der Waals surface area contributed by atoms with E-state index in [0.717, 1.165) is 10.9 Å². The molecule has 13 heavy (non-hydrogen) atoms. The second-order valence-corrected chi connectivity index (χ2v) is 5.09. The van der Waals surface area contributed by atoms with Gasteiger partial charge in [-0.05, 0) is 42.4 Å². The van der Waals surface area contributed by atoms with Crippen LogP contribution in [0.5, 0.6) is 0 Å². The van der Waals surface area contributed by atoms with E-state index in [2.05, 4.69) is 26.0 Å². The largest absolute Gasteiger partial charge is 0.126 e. The van der Waals surface area contributed by atoms with Crippen LogP contribution in [0.2, 0.25) is 5.02 Å². The summed E-state index contributed by atoms with van der Waals surface area (Å²) in [6.07, 6.45) is 1.27. The lowest BCUT2D eigenvalue weighted by atomic mass is 10.2. The van der Waals surface area contributed by atoms with Gasteiger partial charge in [-0.2, -0.15) is 0 Å². The van der Waals surface area contributed by atoms with E-state index in [4.69, 9.17) is 11.6 Å². The Morgan fingerprint density at radius 1 is 1.23 bits per heavy atom. The number of rotatable bonds is 4. The van der Waals surface area contributed by atoms with Crippen molar-refractivity contribution < 1.29 is 0 Å². The van der Waals surface area contributed by atoms with Gasteiger partial charge in [0.05, 0.1) is 0 Å². The van der Waals surface area contributed by atoms with Gasteiger partial charge in [-0.25, -0.2) is 0 Å². The summed E-state index contributed by atoms with van der Waals surface area (Å²) >= 11 is 7.69. The van der Waals surface area contributed by atoms with Crippen molar-refractivity contribution in [3.63, 3.8) is 0 Å². The summed E-state index contributed by atoms with van der Waals surface area (Å²) in [5.41, 5.74) is 0. The van der Waals surface area contributed by atoms with Gasteiger partial charge in [0.15, 0.2) is 0 Å². The van der Waals surface area contributed by atoms with Crippen molar-refractivity contribution >= 4 is 23.4 Å². The van der Waals surface area contributed by atoms with Gasteiger partial charge in [-0.3, -0.25) is 0 Å². The van der Waals surface area contributed by atoms with Crippen molar-refractivity contribution in [1.82, 2.24) is 0 Å². The third-order valence-corrected chi connectivity index (χ3v) is 3.07. The lowest BCUT2D eigenvalue weighted by Gasteiger charge is -2.03. The zero-order chi connectivity index (χ0) is 9.68.